The molecule has 3 nitrogen and oxygen atoms in total. The van der Waals surface area contributed by atoms with Crippen LogP contribution in [0, 0.1) is 0 Å². The highest BCUT2D eigenvalue weighted by atomic mass is 28.4. The van der Waals surface area contributed by atoms with Crippen molar-refractivity contribution in [1.29, 1.82) is 0 Å². The Morgan fingerprint density at radius 3 is 1.94 bits per heavy atom. The molecule has 0 aliphatic heterocycles. The van der Waals surface area contributed by atoms with Crippen molar-refractivity contribution in [2.45, 2.75) is 58.7 Å². The fraction of sp³-hybridized carbons (Fsp3) is 1.00. The molecule has 0 unspecified atom stereocenters. The summed E-state index contributed by atoms with van der Waals surface area (Å²) in [5.41, 5.74) is 0. The Bertz CT molecular complexity index is 200. The Kier molecular flexibility index (Phi) is 9.12. The molecule has 0 aliphatic rings. The van der Waals surface area contributed by atoms with E-state index in [9.17, 15) is 0 Å². The molecule has 0 saturated heterocycles. The minimum atomic E-state index is -1.55. The fourth-order valence-electron chi connectivity index (χ4n) is 1.21. The second-order valence-electron chi connectivity index (χ2n) is 6.13. The average Bonchev–Trinajstić information content (AvgIpc) is 2.25. The van der Waals surface area contributed by atoms with E-state index >= 15 is 0 Å². The van der Waals surface area contributed by atoms with Gasteiger partial charge in [0.05, 0.1) is 13.2 Å². The molecule has 0 aromatic carbocycles. The average molecular weight is 276 g/mol. The van der Waals surface area contributed by atoms with Crippen molar-refractivity contribution in [3.8, 4) is 0 Å². The van der Waals surface area contributed by atoms with Gasteiger partial charge in [-0.25, -0.2) is 0 Å². The largest absolute Gasteiger partial charge is 0.417 e. The first-order valence-corrected chi connectivity index (χ1v) is 10.0. The maximum absolute atomic E-state index is 6.10. The van der Waals surface area contributed by atoms with Crippen molar-refractivity contribution in [1.82, 2.24) is 0 Å². The van der Waals surface area contributed by atoms with Gasteiger partial charge in [-0.1, -0.05) is 20.8 Å². The number of unbranched alkanes of at least 4 members (excludes halogenated alkanes) is 1. The number of hydrogen-bond acceptors (Lipinski definition) is 3. The van der Waals surface area contributed by atoms with Crippen molar-refractivity contribution in [3.05, 3.63) is 0 Å². The van der Waals surface area contributed by atoms with Gasteiger partial charge in [-0.15, -0.1) is 0 Å². The molecule has 0 radical (unpaired) electrons. The molecule has 0 N–H and O–H groups in total. The van der Waals surface area contributed by atoms with Crippen LogP contribution in [0.3, 0.4) is 0 Å². The molecule has 0 aromatic heterocycles. The fourth-order valence-corrected chi connectivity index (χ4v) is 2.30. The maximum Gasteiger partial charge on any atom is 0.191 e. The van der Waals surface area contributed by atoms with Crippen molar-refractivity contribution in [2.24, 2.45) is 0 Å². The Hall–Kier alpha value is 0.0969. The van der Waals surface area contributed by atoms with E-state index in [-0.39, 0.29) is 0 Å². The quantitative estimate of drug-likeness (QED) is 0.448. The van der Waals surface area contributed by atoms with Crippen LogP contribution in [0.4, 0.5) is 0 Å². The van der Waals surface area contributed by atoms with Crippen LogP contribution in [-0.2, 0) is 13.9 Å². The van der Waals surface area contributed by atoms with Crippen LogP contribution in [-0.4, -0.2) is 41.4 Å². The molecule has 0 bridgehead atoms. The molecule has 0 atom stereocenters. The summed E-state index contributed by atoms with van der Waals surface area (Å²) in [5.74, 6) is 0. The van der Waals surface area contributed by atoms with E-state index in [0.717, 1.165) is 32.7 Å². The monoisotopic (exact) mass is 276 g/mol. The SMILES string of the molecule is CCOCCOCCCCO[Si](C)(C)C(C)(C)C. The van der Waals surface area contributed by atoms with E-state index in [2.05, 4.69) is 33.9 Å². The zero-order valence-corrected chi connectivity index (χ0v) is 14.2. The highest BCUT2D eigenvalue weighted by Crippen LogP contribution is 2.36. The van der Waals surface area contributed by atoms with Crippen molar-refractivity contribution >= 4 is 8.32 Å². The third-order valence-electron chi connectivity index (χ3n) is 3.53. The Morgan fingerprint density at radius 2 is 1.39 bits per heavy atom. The lowest BCUT2D eigenvalue weighted by molar-refractivity contribution is 0.0503. The van der Waals surface area contributed by atoms with E-state index in [1.165, 1.54) is 0 Å². The summed E-state index contributed by atoms with van der Waals surface area (Å²) in [7, 11) is -1.55. The molecule has 18 heavy (non-hydrogen) atoms. The lowest BCUT2D eigenvalue weighted by Crippen LogP contribution is -2.40. The van der Waals surface area contributed by atoms with Crippen molar-refractivity contribution in [3.63, 3.8) is 0 Å². The van der Waals surface area contributed by atoms with Crippen LogP contribution in [0.15, 0.2) is 0 Å². The van der Waals surface area contributed by atoms with Crippen LogP contribution in [0.5, 0.6) is 0 Å². The van der Waals surface area contributed by atoms with Crippen molar-refractivity contribution < 1.29 is 13.9 Å². The van der Waals surface area contributed by atoms with Crippen LogP contribution >= 0.6 is 0 Å². The number of rotatable bonds is 10. The third kappa shape index (κ3) is 8.24. The van der Waals surface area contributed by atoms with Gasteiger partial charge in [0.1, 0.15) is 0 Å². The third-order valence-corrected chi connectivity index (χ3v) is 8.07. The normalized spacial score (nSPS) is 13.0. The maximum atomic E-state index is 6.10. The van der Waals surface area contributed by atoms with Crippen LogP contribution in [0.2, 0.25) is 18.1 Å². The van der Waals surface area contributed by atoms with Gasteiger partial charge < -0.3 is 13.9 Å². The molecule has 0 fully saturated rings. The number of hydrogen-bond donors (Lipinski definition) is 0. The van der Waals surface area contributed by atoms with Gasteiger partial charge in [-0.2, -0.15) is 0 Å². The molecule has 0 saturated carbocycles. The standard InChI is InChI=1S/C14H32O3Si/c1-7-15-12-13-16-10-8-9-11-17-18(5,6)14(2,3)4/h7-13H2,1-6H3. The predicted octanol–water partition coefficient (Wildman–Crippen LogP) is 3.84. The molecular weight excluding hydrogens is 244 g/mol. The lowest BCUT2D eigenvalue weighted by Gasteiger charge is -2.36. The molecule has 0 amide bonds. The van der Waals surface area contributed by atoms with Crippen LogP contribution in [0.1, 0.15) is 40.5 Å². The van der Waals surface area contributed by atoms with Gasteiger partial charge >= 0.3 is 0 Å². The first-order chi connectivity index (χ1) is 8.31. The van der Waals surface area contributed by atoms with E-state index in [1.54, 1.807) is 0 Å². The smallest absolute Gasteiger partial charge is 0.191 e. The van der Waals surface area contributed by atoms with Crippen LogP contribution in [0.25, 0.3) is 0 Å². The van der Waals surface area contributed by atoms with Crippen molar-refractivity contribution in [2.75, 3.05) is 33.0 Å². The van der Waals surface area contributed by atoms with Gasteiger partial charge in [0.25, 0.3) is 0 Å². The Labute approximate surface area is 114 Å². The van der Waals surface area contributed by atoms with Crippen LogP contribution < -0.4 is 0 Å². The second-order valence-corrected chi connectivity index (χ2v) is 10.9. The highest BCUT2D eigenvalue weighted by Gasteiger charge is 2.36. The van der Waals surface area contributed by atoms with E-state index in [4.69, 9.17) is 13.9 Å². The molecule has 0 spiro atoms. The van der Waals surface area contributed by atoms with E-state index in [0.29, 0.717) is 18.3 Å². The molecule has 0 aliphatic carbocycles. The molecule has 0 aromatic rings. The molecule has 4 heteroatoms. The summed E-state index contributed by atoms with van der Waals surface area (Å²) in [4.78, 5) is 0. The van der Waals surface area contributed by atoms with Gasteiger partial charge in [-0.05, 0) is 37.9 Å². The topological polar surface area (TPSA) is 27.7 Å². The second kappa shape index (κ2) is 9.07. The van der Waals surface area contributed by atoms with E-state index < -0.39 is 8.32 Å². The van der Waals surface area contributed by atoms with E-state index in [1.807, 2.05) is 6.92 Å². The first kappa shape index (κ1) is 18.1. The first-order valence-electron chi connectivity index (χ1n) is 7.10. The summed E-state index contributed by atoms with van der Waals surface area (Å²) >= 11 is 0. The summed E-state index contributed by atoms with van der Waals surface area (Å²) in [6.45, 7) is 17.3. The van der Waals surface area contributed by atoms with Gasteiger partial charge in [0, 0.05) is 19.8 Å². The minimum Gasteiger partial charge on any atom is -0.417 e. The summed E-state index contributed by atoms with van der Waals surface area (Å²) in [5, 5.41) is 0.307. The van der Waals surface area contributed by atoms with Gasteiger partial charge in [0.15, 0.2) is 8.32 Å². The lowest BCUT2D eigenvalue weighted by atomic mass is 10.2. The molecular formula is C14H32O3Si. The van der Waals surface area contributed by atoms with Gasteiger partial charge in [-0.3, -0.25) is 0 Å². The number of ether oxygens (including phenoxy) is 2. The highest BCUT2D eigenvalue weighted by molar-refractivity contribution is 6.74. The van der Waals surface area contributed by atoms with Gasteiger partial charge in [0.2, 0.25) is 0 Å². The Balaban J connectivity index is 3.41. The predicted molar refractivity (Wildman–Crippen MR) is 79.7 cm³/mol. The molecule has 0 rings (SSSR count). The summed E-state index contributed by atoms with van der Waals surface area (Å²) < 4.78 is 16.8. The zero-order chi connectivity index (χ0) is 14.1. The summed E-state index contributed by atoms with van der Waals surface area (Å²) in [6.07, 6.45) is 2.15. The molecule has 110 valence electrons. The summed E-state index contributed by atoms with van der Waals surface area (Å²) in [6, 6.07) is 0. The molecule has 0 heterocycles. The zero-order valence-electron chi connectivity index (χ0n) is 13.2. The minimum absolute atomic E-state index is 0.307. The Morgan fingerprint density at radius 1 is 0.833 bits per heavy atom.